The highest BCUT2D eigenvalue weighted by molar-refractivity contribution is 5.91. The molecule has 4 heteroatoms. The topological polar surface area (TPSA) is 71.3 Å². The normalized spacial score (nSPS) is 10.9. The van der Waals surface area contributed by atoms with Gasteiger partial charge in [-0.05, 0) is 31.0 Å². The first-order valence-electron chi connectivity index (χ1n) is 5.31. The van der Waals surface area contributed by atoms with Crippen molar-refractivity contribution in [1.29, 1.82) is 0 Å². The molecule has 0 fully saturated rings. The number of rotatable bonds is 4. The number of aliphatic hydroxyl groups excluding tert-OH is 1. The van der Waals surface area contributed by atoms with Gasteiger partial charge in [0, 0.05) is 23.2 Å². The molecule has 0 amide bonds. The number of hydrogen-bond donors (Lipinski definition) is 3. The minimum atomic E-state index is 0.203. The predicted molar refractivity (Wildman–Crippen MR) is 64.7 cm³/mol. The molecule has 2 rings (SSSR count). The molecule has 0 saturated carbocycles. The molecule has 0 spiro atoms. The maximum atomic E-state index is 8.79. The lowest BCUT2D eigenvalue weighted by Crippen LogP contribution is -1.91. The molecule has 86 valence electrons. The van der Waals surface area contributed by atoms with Crippen LogP contribution in [0.3, 0.4) is 0 Å². The van der Waals surface area contributed by atoms with E-state index in [1.54, 1.807) is 7.11 Å². The SMILES string of the molecule is COc1c(N)ccc2[nH]c(CCCO)cc12. The van der Waals surface area contributed by atoms with E-state index >= 15 is 0 Å². The lowest BCUT2D eigenvalue weighted by atomic mass is 10.2. The number of ether oxygens (including phenoxy) is 1. The van der Waals surface area contributed by atoms with E-state index in [0.717, 1.165) is 29.4 Å². The summed E-state index contributed by atoms with van der Waals surface area (Å²) in [5.41, 5.74) is 8.57. The first-order valence-corrected chi connectivity index (χ1v) is 5.31. The molecule has 0 saturated heterocycles. The largest absolute Gasteiger partial charge is 0.494 e. The minimum absolute atomic E-state index is 0.203. The van der Waals surface area contributed by atoms with Gasteiger partial charge in [0.15, 0.2) is 5.75 Å². The molecule has 2 aromatic rings. The monoisotopic (exact) mass is 220 g/mol. The summed E-state index contributed by atoms with van der Waals surface area (Å²) in [5.74, 6) is 0.712. The fraction of sp³-hybridized carbons (Fsp3) is 0.333. The zero-order chi connectivity index (χ0) is 11.5. The Kier molecular flexibility index (Phi) is 3.01. The highest BCUT2D eigenvalue weighted by Crippen LogP contribution is 2.32. The molecule has 16 heavy (non-hydrogen) atoms. The Morgan fingerprint density at radius 2 is 2.25 bits per heavy atom. The number of aryl methyl sites for hydroxylation is 1. The third-order valence-corrected chi connectivity index (χ3v) is 2.65. The van der Waals surface area contributed by atoms with E-state index in [9.17, 15) is 0 Å². The van der Waals surface area contributed by atoms with Gasteiger partial charge in [0.05, 0.1) is 12.8 Å². The Morgan fingerprint density at radius 1 is 1.44 bits per heavy atom. The van der Waals surface area contributed by atoms with Gasteiger partial charge in [-0.1, -0.05) is 0 Å². The second-order valence-corrected chi connectivity index (χ2v) is 3.77. The van der Waals surface area contributed by atoms with Gasteiger partial charge >= 0.3 is 0 Å². The fourth-order valence-electron chi connectivity index (χ4n) is 1.88. The molecular weight excluding hydrogens is 204 g/mol. The summed E-state index contributed by atoms with van der Waals surface area (Å²) in [6.45, 7) is 0.203. The Labute approximate surface area is 94.0 Å². The number of nitrogens with one attached hydrogen (secondary N) is 1. The number of nitrogens with two attached hydrogens (primary N) is 1. The van der Waals surface area contributed by atoms with Crippen molar-refractivity contribution < 1.29 is 9.84 Å². The number of aromatic nitrogens is 1. The molecule has 1 aromatic carbocycles. The van der Waals surface area contributed by atoms with Crippen LogP contribution in [0.5, 0.6) is 5.75 Å². The molecule has 0 aliphatic rings. The van der Waals surface area contributed by atoms with Gasteiger partial charge in [0.2, 0.25) is 0 Å². The summed E-state index contributed by atoms with van der Waals surface area (Å²) in [7, 11) is 1.62. The van der Waals surface area contributed by atoms with E-state index in [1.807, 2.05) is 18.2 Å². The van der Waals surface area contributed by atoms with Crippen molar-refractivity contribution in [2.45, 2.75) is 12.8 Å². The number of fused-ring (bicyclic) bond motifs is 1. The van der Waals surface area contributed by atoms with Gasteiger partial charge in [0.25, 0.3) is 0 Å². The van der Waals surface area contributed by atoms with Crippen molar-refractivity contribution >= 4 is 16.6 Å². The number of H-pyrrole nitrogens is 1. The average molecular weight is 220 g/mol. The maximum absolute atomic E-state index is 8.79. The third-order valence-electron chi connectivity index (χ3n) is 2.65. The maximum Gasteiger partial charge on any atom is 0.151 e. The van der Waals surface area contributed by atoms with Crippen molar-refractivity contribution in [2.24, 2.45) is 0 Å². The van der Waals surface area contributed by atoms with Crippen LogP contribution in [0, 0.1) is 0 Å². The first kappa shape index (κ1) is 10.8. The molecule has 1 heterocycles. The summed E-state index contributed by atoms with van der Waals surface area (Å²) >= 11 is 0. The molecular formula is C12H16N2O2. The first-order chi connectivity index (χ1) is 7.76. The van der Waals surface area contributed by atoms with Crippen LogP contribution >= 0.6 is 0 Å². The lowest BCUT2D eigenvalue weighted by Gasteiger charge is -2.04. The van der Waals surface area contributed by atoms with Crippen LogP contribution in [0.4, 0.5) is 5.69 Å². The Hall–Kier alpha value is -1.68. The molecule has 0 aliphatic carbocycles. The van der Waals surface area contributed by atoms with Crippen LogP contribution in [-0.4, -0.2) is 23.8 Å². The summed E-state index contributed by atoms with van der Waals surface area (Å²) < 4.78 is 5.28. The summed E-state index contributed by atoms with van der Waals surface area (Å²) in [5, 5.41) is 9.78. The van der Waals surface area contributed by atoms with Gasteiger partial charge in [0.1, 0.15) is 0 Å². The molecule has 0 bridgehead atoms. The zero-order valence-corrected chi connectivity index (χ0v) is 9.29. The van der Waals surface area contributed by atoms with E-state index in [4.69, 9.17) is 15.6 Å². The van der Waals surface area contributed by atoms with E-state index in [-0.39, 0.29) is 6.61 Å². The smallest absolute Gasteiger partial charge is 0.151 e. The number of anilines is 1. The Morgan fingerprint density at radius 3 is 2.94 bits per heavy atom. The van der Waals surface area contributed by atoms with Gasteiger partial charge in [-0.3, -0.25) is 0 Å². The van der Waals surface area contributed by atoms with E-state index < -0.39 is 0 Å². The van der Waals surface area contributed by atoms with Gasteiger partial charge in [-0.15, -0.1) is 0 Å². The van der Waals surface area contributed by atoms with Crippen molar-refractivity contribution in [2.75, 3.05) is 19.5 Å². The number of aliphatic hydroxyl groups is 1. The molecule has 0 aliphatic heterocycles. The number of methoxy groups -OCH3 is 1. The van der Waals surface area contributed by atoms with Crippen LogP contribution in [-0.2, 0) is 6.42 Å². The van der Waals surface area contributed by atoms with E-state index in [0.29, 0.717) is 11.4 Å². The summed E-state index contributed by atoms with van der Waals surface area (Å²) in [6, 6.07) is 5.79. The van der Waals surface area contributed by atoms with Gasteiger partial charge in [-0.2, -0.15) is 0 Å². The third kappa shape index (κ3) is 1.84. The summed E-state index contributed by atoms with van der Waals surface area (Å²) in [4.78, 5) is 3.29. The lowest BCUT2D eigenvalue weighted by molar-refractivity contribution is 0.288. The zero-order valence-electron chi connectivity index (χ0n) is 9.29. The second-order valence-electron chi connectivity index (χ2n) is 3.77. The van der Waals surface area contributed by atoms with Crippen molar-refractivity contribution in [3.63, 3.8) is 0 Å². The van der Waals surface area contributed by atoms with Crippen LogP contribution in [0.15, 0.2) is 18.2 Å². The van der Waals surface area contributed by atoms with E-state index in [2.05, 4.69) is 4.98 Å². The number of hydrogen-bond acceptors (Lipinski definition) is 3. The Balaban J connectivity index is 2.44. The molecule has 0 atom stereocenters. The highest BCUT2D eigenvalue weighted by atomic mass is 16.5. The van der Waals surface area contributed by atoms with Gasteiger partial charge in [-0.25, -0.2) is 0 Å². The van der Waals surface area contributed by atoms with Gasteiger partial charge < -0.3 is 20.6 Å². The molecule has 4 N–H and O–H groups in total. The number of nitrogen functional groups attached to an aromatic ring is 1. The van der Waals surface area contributed by atoms with Crippen molar-refractivity contribution in [1.82, 2.24) is 4.98 Å². The average Bonchev–Trinajstić information content (AvgIpc) is 2.69. The van der Waals surface area contributed by atoms with Crippen LogP contribution in [0.25, 0.3) is 10.9 Å². The predicted octanol–water partition coefficient (Wildman–Crippen LogP) is 1.68. The van der Waals surface area contributed by atoms with Crippen LogP contribution < -0.4 is 10.5 Å². The molecule has 0 unspecified atom stereocenters. The van der Waals surface area contributed by atoms with Crippen molar-refractivity contribution in [3.8, 4) is 5.75 Å². The molecule has 4 nitrogen and oxygen atoms in total. The van der Waals surface area contributed by atoms with Crippen LogP contribution in [0.2, 0.25) is 0 Å². The molecule has 1 aromatic heterocycles. The Bertz CT molecular complexity index is 491. The van der Waals surface area contributed by atoms with Crippen LogP contribution in [0.1, 0.15) is 12.1 Å². The standard InChI is InChI=1S/C12H16N2O2/c1-16-12-9-7-8(3-2-6-15)14-11(9)5-4-10(12)13/h4-5,7,14-15H,2-3,6,13H2,1H3. The summed E-state index contributed by atoms with van der Waals surface area (Å²) in [6.07, 6.45) is 1.58. The minimum Gasteiger partial charge on any atom is -0.494 e. The number of aromatic amines is 1. The molecule has 0 radical (unpaired) electrons. The van der Waals surface area contributed by atoms with Crippen molar-refractivity contribution in [3.05, 3.63) is 23.9 Å². The van der Waals surface area contributed by atoms with E-state index in [1.165, 1.54) is 0 Å². The quantitative estimate of drug-likeness (QED) is 0.686. The number of benzene rings is 1. The second kappa shape index (κ2) is 4.45. The highest BCUT2D eigenvalue weighted by Gasteiger charge is 2.08. The fourth-order valence-corrected chi connectivity index (χ4v) is 1.88.